The number of nitrogens with zero attached hydrogens (tertiary/aromatic N) is 1. The van der Waals surface area contributed by atoms with Crippen molar-refractivity contribution in [2.45, 2.75) is 57.0 Å². The van der Waals surface area contributed by atoms with E-state index in [4.69, 9.17) is 15.2 Å². The van der Waals surface area contributed by atoms with Gasteiger partial charge in [0.2, 0.25) is 5.91 Å². The number of hydrogen-bond acceptors (Lipinski definition) is 5. The Morgan fingerprint density at radius 3 is 2.52 bits per heavy atom. The molecule has 0 saturated carbocycles. The van der Waals surface area contributed by atoms with Gasteiger partial charge in [0, 0.05) is 39.3 Å². The molecule has 1 amide bonds. The van der Waals surface area contributed by atoms with E-state index in [0.717, 1.165) is 51.7 Å². The van der Waals surface area contributed by atoms with E-state index in [1.165, 1.54) is 5.56 Å². The Labute approximate surface area is 186 Å². The Bertz CT molecular complexity index is 572. The first-order valence-corrected chi connectivity index (χ1v) is 10.3. The highest BCUT2D eigenvalue weighted by molar-refractivity contribution is 5.85. The summed E-state index contributed by atoms with van der Waals surface area (Å²) >= 11 is 0. The largest absolute Gasteiger partial charge is 0.378 e. The van der Waals surface area contributed by atoms with E-state index >= 15 is 0 Å². The Kier molecular flexibility index (Phi) is 12.8. The van der Waals surface area contributed by atoms with E-state index in [-0.39, 0.29) is 42.9 Å². The van der Waals surface area contributed by atoms with Crippen LogP contribution in [0.1, 0.15) is 37.7 Å². The minimum Gasteiger partial charge on any atom is -0.378 e. The maximum Gasteiger partial charge on any atom is 0.249 e. The van der Waals surface area contributed by atoms with Crippen LogP contribution >= 0.6 is 24.8 Å². The zero-order valence-corrected chi connectivity index (χ0v) is 18.6. The Morgan fingerprint density at radius 2 is 1.86 bits per heavy atom. The molecule has 0 bridgehead atoms. The lowest BCUT2D eigenvalue weighted by Gasteiger charge is -2.32. The van der Waals surface area contributed by atoms with Crippen LogP contribution in [0.5, 0.6) is 0 Å². The van der Waals surface area contributed by atoms with Gasteiger partial charge in [0.05, 0.1) is 12.2 Å². The number of rotatable bonds is 9. The van der Waals surface area contributed by atoms with Crippen LogP contribution in [-0.2, 0) is 20.8 Å². The van der Waals surface area contributed by atoms with Crippen LogP contribution in [0, 0.1) is 0 Å². The number of benzene rings is 1. The van der Waals surface area contributed by atoms with Gasteiger partial charge in [-0.2, -0.15) is 0 Å². The molecule has 0 radical (unpaired) electrons. The van der Waals surface area contributed by atoms with Gasteiger partial charge in [-0.1, -0.05) is 30.3 Å². The zero-order chi connectivity index (χ0) is 18.9. The number of amides is 1. The number of nitrogens with two attached hydrogens (primary N) is 1. The fraction of sp³-hybridized carbons (Fsp3) is 0.667. The second-order valence-electron chi connectivity index (χ2n) is 7.54. The summed E-state index contributed by atoms with van der Waals surface area (Å²) in [5, 5.41) is 2.95. The van der Waals surface area contributed by atoms with Crippen molar-refractivity contribution in [1.82, 2.24) is 10.2 Å². The number of hydrogen-bond donors (Lipinski definition) is 2. The zero-order valence-electron chi connectivity index (χ0n) is 17.0. The first kappa shape index (κ1) is 26.1. The summed E-state index contributed by atoms with van der Waals surface area (Å²) in [5.74, 6) is -0.0137. The molecule has 29 heavy (non-hydrogen) atoms. The molecule has 3 rings (SSSR count). The number of likely N-dealkylation sites (tertiary alicyclic amines) is 1. The molecular weight excluding hydrogens is 413 g/mol. The van der Waals surface area contributed by atoms with Crippen LogP contribution < -0.4 is 11.1 Å². The van der Waals surface area contributed by atoms with Gasteiger partial charge in [0.15, 0.2) is 0 Å². The van der Waals surface area contributed by atoms with Crippen molar-refractivity contribution in [2.24, 2.45) is 5.73 Å². The standard InChI is InChI=1S/C21H33N3O3.2ClH/c22-15-19-7-8-20(27-19)21(25)23-11-4-14-26-18-9-12-24(13-10-18)16-17-5-2-1-3-6-17;;/h1-3,5-6,18-20H,4,7-16,22H2,(H,23,25);2*1H/t19-,20+;;/m1../s1. The smallest absolute Gasteiger partial charge is 0.249 e. The van der Waals surface area contributed by atoms with E-state index in [9.17, 15) is 4.79 Å². The fourth-order valence-electron chi connectivity index (χ4n) is 3.80. The fourth-order valence-corrected chi connectivity index (χ4v) is 3.80. The van der Waals surface area contributed by atoms with E-state index in [1.807, 2.05) is 0 Å². The molecule has 8 heteroatoms. The Morgan fingerprint density at radius 1 is 1.14 bits per heavy atom. The average molecular weight is 448 g/mol. The summed E-state index contributed by atoms with van der Waals surface area (Å²) in [6, 6.07) is 10.6. The van der Waals surface area contributed by atoms with Crippen LogP contribution in [0.3, 0.4) is 0 Å². The minimum atomic E-state index is -0.326. The lowest BCUT2D eigenvalue weighted by molar-refractivity contribution is -0.131. The lowest BCUT2D eigenvalue weighted by Crippen LogP contribution is -2.37. The molecule has 6 nitrogen and oxygen atoms in total. The molecule has 1 aromatic rings. The Hall–Kier alpha value is -0.890. The molecule has 0 spiro atoms. The summed E-state index contributed by atoms with van der Waals surface area (Å²) in [6.07, 6.45) is 4.70. The molecule has 0 aliphatic carbocycles. The number of nitrogens with one attached hydrogen (secondary N) is 1. The van der Waals surface area contributed by atoms with Crippen molar-refractivity contribution in [3.8, 4) is 0 Å². The SMILES string of the molecule is Cl.Cl.NC[C@H]1CC[C@@H](C(=O)NCCCOC2CCN(Cc3ccccc3)CC2)O1. The molecule has 2 aliphatic rings. The summed E-state index contributed by atoms with van der Waals surface area (Å²) in [7, 11) is 0. The minimum absolute atomic E-state index is 0. The average Bonchev–Trinajstić information content (AvgIpc) is 3.19. The maximum atomic E-state index is 12.0. The highest BCUT2D eigenvalue weighted by Crippen LogP contribution is 2.19. The van der Waals surface area contributed by atoms with Gasteiger partial charge in [0.25, 0.3) is 0 Å². The predicted octanol–water partition coefficient (Wildman–Crippen LogP) is 2.52. The van der Waals surface area contributed by atoms with Crippen LogP contribution in [0.2, 0.25) is 0 Å². The normalized spacial score (nSPS) is 22.5. The summed E-state index contributed by atoms with van der Waals surface area (Å²) in [4.78, 5) is 14.5. The van der Waals surface area contributed by atoms with E-state index in [2.05, 4.69) is 40.5 Å². The number of ether oxygens (including phenoxy) is 2. The van der Waals surface area contributed by atoms with E-state index in [0.29, 0.717) is 25.8 Å². The van der Waals surface area contributed by atoms with Crippen LogP contribution in [0.15, 0.2) is 30.3 Å². The van der Waals surface area contributed by atoms with Crippen LogP contribution in [0.25, 0.3) is 0 Å². The number of piperidine rings is 1. The van der Waals surface area contributed by atoms with Crippen molar-refractivity contribution >= 4 is 30.7 Å². The first-order valence-electron chi connectivity index (χ1n) is 10.3. The second kappa shape index (κ2) is 14.2. The maximum absolute atomic E-state index is 12.0. The lowest BCUT2D eigenvalue weighted by atomic mass is 10.1. The molecule has 0 unspecified atom stereocenters. The molecule has 1 aromatic carbocycles. The highest BCUT2D eigenvalue weighted by Gasteiger charge is 2.29. The number of carbonyl (C=O) groups excluding carboxylic acids is 1. The third kappa shape index (κ3) is 8.79. The molecule has 2 heterocycles. The molecule has 2 saturated heterocycles. The summed E-state index contributed by atoms with van der Waals surface area (Å²) in [5.41, 5.74) is 6.95. The van der Waals surface area contributed by atoms with Crippen molar-refractivity contribution in [1.29, 1.82) is 0 Å². The van der Waals surface area contributed by atoms with Gasteiger partial charge in [-0.15, -0.1) is 24.8 Å². The van der Waals surface area contributed by atoms with Crippen molar-refractivity contribution in [3.05, 3.63) is 35.9 Å². The molecular formula is C21H35Cl2N3O3. The molecule has 3 N–H and O–H groups in total. The Balaban J connectivity index is 0.00000210. The predicted molar refractivity (Wildman–Crippen MR) is 120 cm³/mol. The molecule has 2 fully saturated rings. The van der Waals surface area contributed by atoms with Crippen molar-refractivity contribution in [3.63, 3.8) is 0 Å². The van der Waals surface area contributed by atoms with Crippen LogP contribution in [0.4, 0.5) is 0 Å². The third-order valence-electron chi connectivity index (χ3n) is 5.42. The van der Waals surface area contributed by atoms with Gasteiger partial charge >= 0.3 is 0 Å². The molecule has 2 atom stereocenters. The molecule has 0 aromatic heterocycles. The first-order chi connectivity index (χ1) is 13.2. The number of carbonyl (C=O) groups is 1. The number of halogens is 2. The second-order valence-corrected chi connectivity index (χ2v) is 7.54. The van der Waals surface area contributed by atoms with Gasteiger partial charge in [-0.05, 0) is 37.7 Å². The third-order valence-corrected chi connectivity index (χ3v) is 5.42. The quantitative estimate of drug-likeness (QED) is 0.568. The van der Waals surface area contributed by atoms with Gasteiger partial charge in [-0.25, -0.2) is 0 Å². The van der Waals surface area contributed by atoms with E-state index in [1.54, 1.807) is 0 Å². The highest BCUT2D eigenvalue weighted by atomic mass is 35.5. The summed E-state index contributed by atoms with van der Waals surface area (Å²) in [6.45, 7) is 5.00. The van der Waals surface area contributed by atoms with Crippen molar-refractivity contribution in [2.75, 3.05) is 32.8 Å². The van der Waals surface area contributed by atoms with E-state index < -0.39 is 0 Å². The van der Waals surface area contributed by atoms with Gasteiger partial charge < -0.3 is 20.5 Å². The van der Waals surface area contributed by atoms with Crippen molar-refractivity contribution < 1.29 is 14.3 Å². The molecule has 2 aliphatic heterocycles. The van der Waals surface area contributed by atoms with Crippen LogP contribution in [-0.4, -0.2) is 61.9 Å². The van der Waals surface area contributed by atoms with Gasteiger partial charge in [-0.3, -0.25) is 9.69 Å². The summed E-state index contributed by atoms with van der Waals surface area (Å²) < 4.78 is 11.6. The monoisotopic (exact) mass is 447 g/mol. The van der Waals surface area contributed by atoms with Gasteiger partial charge in [0.1, 0.15) is 6.10 Å². The topological polar surface area (TPSA) is 76.8 Å². The molecule has 166 valence electrons.